The van der Waals surface area contributed by atoms with Crippen LogP contribution in [0.15, 0.2) is 41.0 Å². The zero-order chi connectivity index (χ0) is 25.1. The fourth-order valence-corrected chi connectivity index (χ4v) is 4.60. The monoisotopic (exact) mass is 484 g/mol. The minimum atomic E-state index is -0.276. The largest absolute Gasteiger partial charge is 0.495 e. The Labute approximate surface area is 203 Å². The molecule has 0 N–H and O–H groups in total. The molecule has 1 saturated heterocycles. The van der Waals surface area contributed by atoms with Crippen molar-refractivity contribution in [2.24, 2.45) is 0 Å². The maximum absolute atomic E-state index is 13.2. The second-order valence-corrected chi connectivity index (χ2v) is 8.68. The van der Waals surface area contributed by atoms with Gasteiger partial charge in [-0.25, -0.2) is 4.39 Å². The fourth-order valence-electron chi connectivity index (χ4n) is 4.60. The lowest BCUT2D eigenvalue weighted by atomic mass is 10.1. The van der Waals surface area contributed by atoms with E-state index < -0.39 is 0 Å². The van der Waals surface area contributed by atoms with E-state index in [1.165, 1.54) is 32.6 Å². The lowest BCUT2D eigenvalue weighted by molar-refractivity contribution is -0.139. The third-order valence-corrected chi connectivity index (χ3v) is 6.41. The van der Waals surface area contributed by atoms with Crippen molar-refractivity contribution in [1.82, 2.24) is 9.80 Å². The minimum absolute atomic E-state index is 0.0581. The summed E-state index contributed by atoms with van der Waals surface area (Å²) in [5.74, 6) is 0.160. The van der Waals surface area contributed by atoms with E-state index in [1.807, 2.05) is 6.92 Å². The van der Waals surface area contributed by atoms with Crippen LogP contribution in [-0.4, -0.2) is 68.0 Å². The molecule has 186 valence electrons. The Morgan fingerprint density at radius 1 is 1.06 bits per heavy atom. The van der Waals surface area contributed by atoms with Crippen molar-refractivity contribution in [3.63, 3.8) is 0 Å². The molecule has 4 rings (SSSR count). The molecule has 0 saturated carbocycles. The highest BCUT2D eigenvalue weighted by atomic mass is 19.1. The number of carbonyl (C=O) groups excluding carboxylic acids is 2. The Balaban J connectivity index is 1.48. The zero-order valence-corrected chi connectivity index (χ0v) is 20.2. The molecular weight excluding hydrogens is 455 g/mol. The molecule has 2 atom stereocenters. The van der Waals surface area contributed by atoms with Gasteiger partial charge in [0.25, 0.3) is 5.91 Å². The first-order valence-electron chi connectivity index (χ1n) is 11.4. The van der Waals surface area contributed by atoms with E-state index in [1.54, 1.807) is 23.1 Å². The van der Waals surface area contributed by atoms with Crippen molar-refractivity contribution in [3.05, 3.63) is 53.5 Å². The van der Waals surface area contributed by atoms with Crippen LogP contribution in [0.5, 0.6) is 17.2 Å². The Bertz CT molecular complexity index is 1210. The van der Waals surface area contributed by atoms with Crippen LogP contribution in [0.1, 0.15) is 29.8 Å². The third kappa shape index (κ3) is 4.81. The van der Waals surface area contributed by atoms with Gasteiger partial charge < -0.3 is 23.5 Å². The number of halogens is 1. The summed E-state index contributed by atoms with van der Waals surface area (Å²) in [6, 6.07) is 8.18. The number of rotatable bonds is 8. The third-order valence-electron chi connectivity index (χ3n) is 6.41. The van der Waals surface area contributed by atoms with E-state index >= 15 is 0 Å². The first kappa shape index (κ1) is 24.5. The first-order valence-corrected chi connectivity index (χ1v) is 11.4. The number of hydrogen-bond donors (Lipinski definition) is 0. The van der Waals surface area contributed by atoms with Gasteiger partial charge in [-0.15, -0.1) is 0 Å². The molecule has 0 unspecified atom stereocenters. The number of carbonyl (C=O) groups is 2. The molecular formula is C26H29FN2O6. The predicted molar refractivity (Wildman–Crippen MR) is 128 cm³/mol. The number of fused-ring (bicyclic) bond motifs is 1. The molecule has 1 aliphatic rings. The molecule has 0 bridgehead atoms. The molecule has 9 heteroatoms. The molecule has 1 amide bonds. The molecule has 0 spiro atoms. The van der Waals surface area contributed by atoms with Gasteiger partial charge in [0.1, 0.15) is 17.1 Å². The summed E-state index contributed by atoms with van der Waals surface area (Å²) in [6.07, 6.45) is 2.08. The first-order chi connectivity index (χ1) is 16.9. The molecule has 3 aromatic rings. The quantitative estimate of drug-likeness (QED) is 0.449. The minimum Gasteiger partial charge on any atom is -0.495 e. The SMILES string of the molecule is COc1c(C=O)c(OCC(=O)N2C[C@@H](C)N(Cc3ccc(F)cc3)C[C@@H]2C)c(OC)c2occc12. The molecule has 1 fully saturated rings. The number of piperazine rings is 1. The molecule has 0 radical (unpaired) electrons. The summed E-state index contributed by atoms with van der Waals surface area (Å²) < 4.78 is 35.5. The standard InChI is InChI=1S/C26H29FN2O6/c1-16-12-29(17(2)11-28(16)13-18-5-7-19(27)8-6-18)22(31)15-35-25-21(14-30)23(32-3)20-9-10-34-24(20)26(25)33-4/h5-10,14,16-17H,11-13,15H2,1-4H3/t16-,17+/m1/s1. The summed E-state index contributed by atoms with van der Waals surface area (Å²) in [5.41, 5.74) is 1.54. The van der Waals surface area contributed by atoms with Crippen molar-refractivity contribution in [1.29, 1.82) is 0 Å². The van der Waals surface area contributed by atoms with Gasteiger partial charge in [-0.3, -0.25) is 14.5 Å². The lowest BCUT2D eigenvalue weighted by Crippen LogP contribution is -2.58. The van der Waals surface area contributed by atoms with Gasteiger partial charge >= 0.3 is 0 Å². The number of hydrogen-bond acceptors (Lipinski definition) is 7. The van der Waals surface area contributed by atoms with Gasteiger partial charge in [0.2, 0.25) is 5.75 Å². The Hall–Kier alpha value is -3.59. The highest BCUT2D eigenvalue weighted by Crippen LogP contribution is 2.45. The van der Waals surface area contributed by atoms with Crippen molar-refractivity contribution in [3.8, 4) is 17.2 Å². The Morgan fingerprint density at radius 2 is 1.77 bits per heavy atom. The van der Waals surface area contributed by atoms with Crippen LogP contribution >= 0.6 is 0 Å². The summed E-state index contributed by atoms with van der Waals surface area (Å²) in [4.78, 5) is 29.1. The Kier molecular flexibility index (Phi) is 7.25. The van der Waals surface area contributed by atoms with E-state index in [4.69, 9.17) is 18.6 Å². The number of amides is 1. The van der Waals surface area contributed by atoms with E-state index in [0.29, 0.717) is 42.6 Å². The van der Waals surface area contributed by atoms with E-state index in [9.17, 15) is 14.0 Å². The molecule has 1 aliphatic heterocycles. The van der Waals surface area contributed by atoms with Gasteiger partial charge in [0, 0.05) is 31.7 Å². The molecule has 35 heavy (non-hydrogen) atoms. The normalized spacial score (nSPS) is 18.5. The van der Waals surface area contributed by atoms with Gasteiger partial charge in [-0.2, -0.15) is 0 Å². The van der Waals surface area contributed by atoms with E-state index in [0.717, 1.165) is 5.56 Å². The van der Waals surface area contributed by atoms with E-state index in [-0.39, 0.29) is 47.5 Å². The molecule has 1 aromatic heterocycles. The highest BCUT2D eigenvalue weighted by molar-refractivity contribution is 6.01. The maximum atomic E-state index is 13.2. The van der Waals surface area contributed by atoms with Crippen LogP contribution in [0.2, 0.25) is 0 Å². The van der Waals surface area contributed by atoms with Crippen LogP contribution in [0.4, 0.5) is 4.39 Å². The number of nitrogens with zero attached hydrogens (tertiary/aromatic N) is 2. The van der Waals surface area contributed by atoms with Crippen LogP contribution in [-0.2, 0) is 11.3 Å². The van der Waals surface area contributed by atoms with Crippen LogP contribution in [0.25, 0.3) is 11.0 Å². The fraction of sp³-hybridized carbons (Fsp3) is 0.385. The molecule has 8 nitrogen and oxygen atoms in total. The van der Waals surface area contributed by atoms with E-state index in [2.05, 4.69) is 11.8 Å². The van der Waals surface area contributed by atoms with Crippen LogP contribution < -0.4 is 14.2 Å². The van der Waals surface area contributed by atoms with Crippen molar-refractivity contribution in [2.75, 3.05) is 33.9 Å². The lowest BCUT2D eigenvalue weighted by Gasteiger charge is -2.44. The molecule has 2 aromatic carbocycles. The van der Waals surface area contributed by atoms with Crippen LogP contribution in [0, 0.1) is 5.82 Å². The predicted octanol–water partition coefficient (Wildman–Crippen LogP) is 3.90. The Morgan fingerprint density at radius 3 is 2.43 bits per heavy atom. The zero-order valence-electron chi connectivity index (χ0n) is 20.2. The number of ether oxygens (including phenoxy) is 3. The second-order valence-electron chi connectivity index (χ2n) is 8.68. The van der Waals surface area contributed by atoms with Gasteiger partial charge in [-0.1, -0.05) is 12.1 Å². The molecule has 0 aliphatic carbocycles. The van der Waals surface area contributed by atoms with Crippen LogP contribution in [0.3, 0.4) is 0 Å². The second kappa shape index (κ2) is 10.4. The number of methoxy groups -OCH3 is 2. The van der Waals surface area contributed by atoms with Gasteiger partial charge in [0.05, 0.1) is 25.9 Å². The summed E-state index contributed by atoms with van der Waals surface area (Å²) in [5, 5.41) is 0.574. The average Bonchev–Trinajstić information content (AvgIpc) is 3.34. The van der Waals surface area contributed by atoms with Crippen molar-refractivity contribution < 1.29 is 32.6 Å². The highest BCUT2D eigenvalue weighted by Gasteiger charge is 2.33. The molecule has 2 heterocycles. The maximum Gasteiger partial charge on any atom is 0.260 e. The summed E-state index contributed by atoms with van der Waals surface area (Å²) >= 11 is 0. The number of furan rings is 1. The van der Waals surface area contributed by atoms with Crippen molar-refractivity contribution in [2.45, 2.75) is 32.5 Å². The van der Waals surface area contributed by atoms with Gasteiger partial charge in [0.15, 0.2) is 24.2 Å². The number of benzene rings is 2. The topological polar surface area (TPSA) is 81.5 Å². The smallest absolute Gasteiger partial charge is 0.260 e. The van der Waals surface area contributed by atoms with Gasteiger partial charge in [-0.05, 0) is 37.6 Å². The van der Waals surface area contributed by atoms with Crippen molar-refractivity contribution >= 4 is 23.2 Å². The average molecular weight is 485 g/mol. The summed E-state index contributed by atoms with van der Waals surface area (Å²) in [7, 11) is 2.89. The summed E-state index contributed by atoms with van der Waals surface area (Å²) in [6.45, 7) is 5.62. The number of aldehydes is 1.